The highest BCUT2D eigenvalue weighted by Crippen LogP contribution is 2.22. The van der Waals surface area contributed by atoms with Crippen LogP contribution >= 0.6 is 15.9 Å². The molecule has 1 fully saturated rings. The Kier molecular flexibility index (Phi) is 4.20. The van der Waals surface area contributed by atoms with Crippen molar-refractivity contribution in [2.75, 3.05) is 31.1 Å². The molecule has 0 bridgehead atoms. The molecular formula is C16H18BrN3O2. The van der Waals surface area contributed by atoms with E-state index in [0.717, 1.165) is 34.7 Å². The molecule has 3 heterocycles. The Hall–Kier alpha value is -1.82. The highest BCUT2D eigenvalue weighted by molar-refractivity contribution is 9.10. The van der Waals surface area contributed by atoms with Crippen LogP contribution in [0.1, 0.15) is 21.9 Å². The molecule has 3 rings (SSSR count). The Balaban J connectivity index is 1.66. The summed E-state index contributed by atoms with van der Waals surface area (Å²) >= 11 is 3.43. The standard InChI is InChI=1S/C16H18BrN3O2/c1-11-9-13(17)10-18-15(11)19-5-7-20(8-6-19)16(21)14-4-3-12(2)22-14/h3-4,9-10H,5-8H2,1-2H3. The van der Waals surface area contributed by atoms with E-state index in [1.165, 1.54) is 0 Å². The molecule has 0 radical (unpaired) electrons. The second-order valence-corrected chi connectivity index (χ2v) is 6.40. The van der Waals surface area contributed by atoms with Crippen molar-refractivity contribution in [1.82, 2.24) is 9.88 Å². The molecule has 2 aromatic rings. The van der Waals surface area contributed by atoms with Gasteiger partial charge in [-0.15, -0.1) is 0 Å². The molecule has 22 heavy (non-hydrogen) atoms. The number of amides is 1. The first-order valence-electron chi connectivity index (χ1n) is 7.27. The first-order valence-corrected chi connectivity index (χ1v) is 8.06. The number of halogens is 1. The Labute approximate surface area is 138 Å². The van der Waals surface area contributed by atoms with Crippen LogP contribution in [0, 0.1) is 13.8 Å². The molecule has 116 valence electrons. The molecule has 0 spiro atoms. The number of hydrogen-bond acceptors (Lipinski definition) is 4. The lowest BCUT2D eigenvalue weighted by Crippen LogP contribution is -2.49. The number of anilines is 1. The van der Waals surface area contributed by atoms with Gasteiger partial charge in [-0.2, -0.15) is 0 Å². The molecule has 1 aliphatic heterocycles. The van der Waals surface area contributed by atoms with Crippen LogP contribution in [0.15, 0.2) is 33.3 Å². The van der Waals surface area contributed by atoms with Crippen LogP contribution in [0.3, 0.4) is 0 Å². The van der Waals surface area contributed by atoms with Crippen molar-refractivity contribution in [1.29, 1.82) is 0 Å². The van der Waals surface area contributed by atoms with E-state index < -0.39 is 0 Å². The van der Waals surface area contributed by atoms with Gasteiger partial charge < -0.3 is 14.2 Å². The third-order valence-electron chi connectivity index (χ3n) is 3.83. The van der Waals surface area contributed by atoms with E-state index in [0.29, 0.717) is 18.8 Å². The lowest BCUT2D eigenvalue weighted by Gasteiger charge is -2.35. The van der Waals surface area contributed by atoms with Gasteiger partial charge in [0.1, 0.15) is 11.6 Å². The topological polar surface area (TPSA) is 49.6 Å². The molecule has 0 unspecified atom stereocenters. The van der Waals surface area contributed by atoms with Gasteiger partial charge >= 0.3 is 0 Å². The van der Waals surface area contributed by atoms with Gasteiger partial charge in [-0.25, -0.2) is 4.98 Å². The summed E-state index contributed by atoms with van der Waals surface area (Å²) in [7, 11) is 0. The second-order valence-electron chi connectivity index (χ2n) is 5.48. The van der Waals surface area contributed by atoms with Gasteiger partial charge in [0, 0.05) is 36.8 Å². The summed E-state index contributed by atoms with van der Waals surface area (Å²) in [4.78, 5) is 20.9. The Morgan fingerprint density at radius 3 is 2.55 bits per heavy atom. The lowest BCUT2D eigenvalue weighted by molar-refractivity contribution is 0.0713. The second kappa shape index (κ2) is 6.12. The molecule has 0 saturated carbocycles. The molecule has 5 nitrogen and oxygen atoms in total. The van der Waals surface area contributed by atoms with E-state index in [1.807, 2.05) is 24.1 Å². The van der Waals surface area contributed by atoms with Gasteiger partial charge in [-0.3, -0.25) is 4.79 Å². The minimum atomic E-state index is -0.0340. The largest absolute Gasteiger partial charge is 0.456 e. The number of pyridine rings is 1. The summed E-state index contributed by atoms with van der Waals surface area (Å²) in [5.74, 6) is 2.14. The molecule has 6 heteroatoms. The number of carbonyl (C=O) groups excluding carboxylic acids is 1. The molecule has 1 aliphatic rings. The fraction of sp³-hybridized carbons (Fsp3) is 0.375. The maximum absolute atomic E-state index is 12.4. The summed E-state index contributed by atoms with van der Waals surface area (Å²) in [6.07, 6.45) is 1.81. The molecule has 0 aliphatic carbocycles. The van der Waals surface area contributed by atoms with Gasteiger partial charge in [-0.1, -0.05) is 0 Å². The van der Waals surface area contributed by atoms with E-state index in [9.17, 15) is 4.79 Å². The highest BCUT2D eigenvalue weighted by Gasteiger charge is 2.25. The number of piperazine rings is 1. The van der Waals surface area contributed by atoms with Gasteiger partial charge in [0.2, 0.25) is 0 Å². The average Bonchev–Trinajstić information content (AvgIpc) is 2.93. The maximum Gasteiger partial charge on any atom is 0.289 e. The van der Waals surface area contributed by atoms with Crippen molar-refractivity contribution in [2.45, 2.75) is 13.8 Å². The fourth-order valence-electron chi connectivity index (χ4n) is 2.69. The zero-order chi connectivity index (χ0) is 15.7. The normalized spacial score (nSPS) is 15.2. The monoisotopic (exact) mass is 363 g/mol. The van der Waals surface area contributed by atoms with Crippen molar-refractivity contribution in [3.8, 4) is 0 Å². The molecular weight excluding hydrogens is 346 g/mol. The Morgan fingerprint density at radius 1 is 1.23 bits per heavy atom. The van der Waals surface area contributed by atoms with E-state index in [2.05, 4.69) is 38.8 Å². The number of aromatic nitrogens is 1. The molecule has 0 aromatic carbocycles. The third-order valence-corrected chi connectivity index (χ3v) is 4.27. The zero-order valence-electron chi connectivity index (χ0n) is 12.7. The van der Waals surface area contributed by atoms with Crippen LogP contribution in [-0.4, -0.2) is 42.0 Å². The number of furan rings is 1. The predicted molar refractivity (Wildman–Crippen MR) is 88.2 cm³/mol. The minimum Gasteiger partial charge on any atom is -0.456 e. The fourth-order valence-corrected chi connectivity index (χ4v) is 3.14. The quantitative estimate of drug-likeness (QED) is 0.822. The first kappa shape index (κ1) is 15.1. The van der Waals surface area contributed by atoms with Crippen LogP contribution in [0.2, 0.25) is 0 Å². The van der Waals surface area contributed by atoms with Gasteiger partial charge in [0.15, 0.2) is 5.76 Å². The summed E-state index contributed by atoms with van der Waals surface area (Å²) in [5.41, 5.74) is 1.14. The van der Waals surface area contributed by atoms with Gasteiger partial charge in [0.25, 0.3) is 5.91 Å². The summed E-state index contributed by atoms with van der Waals surface area (Å²) < 4.78 is 6.40. The SMILES string of the molecule is Cc1ccc(C(=O)N2CCN(c3ncc(Br)cc3C)CC2)o1. The molecule has 2 aromatic heterocycles. The third kappa shape index (κ3) is 3.02. The number of rotatable bonds is 2. The van der Waals surface area contributed by atoms with Crippen molar-refractivity contribution in [3.05, 3.63) is 46.0 Å². The summed E-state index contributed by atoms with van der Waals surface area (Å²) in [5, 5.41) is 0. The predicted octanol–water partition coefficient (Wildman–Crippen LogP) is 3.02. The summed E-state index contributed by atoms with van der Waals surface area (Å²) in [6, 6.07) is 5.62. The van der Waals surface area contributed by atoms with Crippen LogP contribution in [-0.2, 0) is 0 Å². The van der Waals surface area contributed by atoms with Crippen molar-refractivity contribution >= 4 is 27.7 Å². The van der Waals surface area contributed by atoms with E-state index in [-0.39, 0.29) is 5.91 Å². The van der Waals surface area contributed by atoms with Gasteiger partial charge in [0.05, 0.1) is 0 Å². The van der Waals surface area contributed by atoms with Crippen LogP contribution in [0.25, 0.3) is 0 Å². The first-order chi connectivity index (χ1) is 10.5. The molecule has 0 N–H and O–H groups in total. The van der Waals surface area contributed by atoms with E-state index in [1.54, 1.807) is 6.07 Å². The van der Waals surface area contributed by atoms with Crippen molar-refractivity contribution < 1.29 is 9.21 Å². The van der Waals surface area contributed by atoms with Crippen molar-refractivity contribution in [3.63, 3.8) is 0 Å². The number of hydrogen-bond donors (Lipinski definition) is 0. The minimum absolute atomic E-state index is 0.0340. The summed E-state index contributed by atoms with van der Waals surface area (Å²) in [6.45, 7) is 6.81. The van der Waals surface area contributed by atoms with Gasteiger partial charge in [-0.05, 0) is 53.5 Å². The highest BCUT2D eigenvalue weighted by atomic mass is 79.9. The van der Waals surface area contributed by atoms with Crippen molar-refractivity contribution in [2.24, 2.45) is 0 Å². The number of carbonyl (C=O) groups is 1. The van der Waals surface area contributed by atoms with E-state index >= 15 is 0 Å². The average molecular weight is 364 g/mol. The molecule has 1 amide bonds. The number of nitrogens with zero attached hydrogens (tertiary/aromatic N) is 3. The zero-order valence-corrected chi connectivity index (χ0v) is 14.3. The number of aryl methyl sites for hydroxylation is 2. The molecule has 0 atom stereocenters. The van der Waals surface area contributed by atoms with Crippen LogP contribution in [0.4, 0.5) is 5.82 Å². The maximum atomic E-state index is 12.4. The smallest absolute Gasteiger partial charge is 0.289 e. The Morgan fingerprint density at radius 2 is 1.95 bits per heavy atom. The van der Waals surface area contributed by atoms with Crippen LogP contribution in [0.5, 0.6) is 0 Å². The lowest BCUT2D eigenvalue weighted by atomic mass is 10.2. The van der Waals surface area contributed by atoms with Crippen LogP contribution < -0.4 is 4.90 Å². The Bertz CT molecular complexity index is 690. The molecule has 1 saturated heterocycles. The van der Waals surface area contributed by atoms with E-state index in [4.69, 9.17) is 4.42 Å².